The molecule has 0 atom stereocenters. The molecule has 1 aliphatic carbocycles. The normalized spacial score (nSPS) is 34.1. The number of ether oxygens (including phenoxy) is 1. The van der Waals surface area contributed by atoms with E-state index in [1.54, 1.807) is 6.92 Å². The summed E-state index contributed by atoms with van der Waals surface area (Å²) in [7, 11) is 0. The van der Waals surface area contributed by atoms with Crippen molar-refractivity contribution in [3.05, 3.63) is 0 Å². The topological polar surface area (TPSA) is 46.5 Å². The smallest absolute Gasteiger partial charge is 0.308 e. The van der Waals surface area contributed by atoms with E-state index in [4.69, 9.17) is 4.74 Å². The lowest BCUT2D eigenvalue weighted by molar-refractivity contribution is -0.155. The molecule has 0 spiro atoms. The van der Waals surface area contributed by atoms with Crippen molar-refractivity contribution in [3.8, 4) is 0 Å². The van der Waals surface area contributed by atoms with Crippen LogP contribution in [0.2, 0.25) is 0 Å². The molecule has 0 amide bonds. The zero-order chi connectivity index (χ0) is 9.19. The van der Waals surface area contributed by atoms with Crippen molar-refractivity contribution in [2.24, 2.45) is 5.92 Å². The zero-order valence-corrected chi connectivity index (χ0v) is 7.67. The zero-order valence-electron chi connectivity index (χ0n) is 7.67. The van der Waals surface area contributed by atoms with Gasteiger partial charge in [0.2, 0.25) is 0 Å². The molecule has 0 aliphatic heterocycles. The standard InChI is InChI=1S/C9H16O3/c1-3-12-8(10)6-9(11)4-7(2)5-9/h7,11H,3-6H2,1-2H3. The van der Waals surface area contributed by atoms with E-state index in [2.05, 4.69) is 6.92 Å². The fourth-order valence-electron chi connectivity index (χ4n) is 1.86. The van der Waals surface area contributed by atoms with Crippen LogP contribution in [0, 0.1) is 5.92 Å². The molecule has 1 aliphatic rings. The van der Waals surface area contributed by atoms with Gasteiger partial charge in [-0.2, -0.15) is 0 Å². The summed E-state index contributed by atoms with van der Waals surface area (Å²) in [5.74, 6) is 0.260. The Morgan fingerprint density at radius 1 is 1.67 bits per heavy atom. The van der Waals surface area contributed by atoms with E-state index in [1.165, 1.54) is 0 Å². The number of rotatable bonds is 3. The van der Waals surface area contributed by atoms with E-state index in [1.807, 2.05) is 0 Å². The predicted molar refractivity (Wildman–Crippen MR) is 44.6 cm³/mol. The Bertz CT molecular complexity index is 171. The minimum absolute atomic E-state index is 0.158. The molecule has 3 heteroatoms. The van der Waals surface area contributed by atoms with Gasteiger partial charge in [-0.3, -0.25) is 4.79 Å². The Kier molecular flexibility index (Phi) is 2.73. The van der Waals surface area contributed by atoms with Gasteiger partial charge in [0, 0.05) is 0 Å². The quantitative estimate of drug-likeness (QED) is 0.648. The molecule has 0 saturated heterocycles. The SMILES string of the molecule is CCOC(=O)CC1(O)CC(C)C1. The fraction of sp³-hybridized carbons (Fsp3) is 0.889. The van der Waals surface area contributed by atoms with Gasteiger partial charge in [-0.25, -0.2) is 0 Å². The highest BCUT2D eigenvalue weighted by Gasteiger charge is 2.42. The maximum absolute atomic E-state index is 11.0. The van der Waals surface area contributed by atoms with Gasteiger partial charge in [-0.15, -0.1) is 0 Å². The second-order valence-corrected chi connectivity index (χ2v) is 3.72. The Morgan fingerprint density at radius 3 is 2.67 bits per heavy atom. The van der Waals surface area contributed by atoms with Crippen molar-refractivity contribution in [2.45, 2.75) is 38.7 Å². The van der Waals surface area contributed by atoms with Crippen LogP contribution in [-0.4, -0.2) is 23.3 Å². The summed E-state index contributed by atoms with van der Waals surface area (Å²) in [6.45, 7) is 4.23. The van der Waals surface area contributed by atoms with Gasteiger partial charge in [-0.05, 0) is 25.7 Å². The molecule has 0 aromatic carbocycles. The summed E-state index contributed by atoms with van der Waals surface area (Å²) in [4.78, 5) is 11.0. The van der Waals surface area contributed by atoms with Crippen molar-refractivity contribution in [1.29, 1.82) is 0 Å². The highest BCUT2D eigenvalue weighted by atomic mass is 16.5. The molecule has 1 fully saturated rings. The van der Waals surface area contributed by atoms with E-state index in [9.17, 15) is 9.90 Å². The molecule has 3 nitrogen and oxygen atoms in total. The largest absolute Gasteiger partial charge is 0.466 e. The first-order chi connectivity index (χ1) is 5.56. The first-order valence-electron chi connectivity index (χ1n) is 4.44. The van der Waals surface area contributed by atoms with E-state index < -0.39 is 5.60 Å². The third-order valence-electron chi connectivity index (χ3n) is 2.24. The van der Waals surface area contributed by atoms with Gasteiger partial charge >= 0.3 is 5.97 Å². The molecule has 70 valence electrons. The highest BCUT2D eigenvalue weighted by molar-refractivity contribution is 5.70. The third kappa shape index (κ3) is 2.21. The number of carbonyl (C=O) groups excluding carboxylic acids is 1. The van der Waals surface area contributed by atoms with Crippen LogP contribution in [0.5, 0.6) is 0 Å². The van der Waals surface area contributed by atoms with Gasteiger partial charge in [0.1, 0.15) is 0 Å². The minimum atomic E-state index is -0.758. The van der Waals surface area contributed by atoms with Crippen molar-refractivity contribution in [2.75, 3.05) is 6.61 Å². The number of esters is 1. The molecule has 0 radical (unpaired) electrons. The maximum atomic E-state index is 11.0. The van der Waals surface area contributed by atoms with Gasteiger partial charge < -0.3 is 9.84 Å². The summed E-state index contributed by atoms with van der Waals surface area (Å²) in [6.07, 6.45) is 1.61. The molecule has 0 unspecified atom stereocenters. The Balaban J connectivity index is 2.27. The summed E-state index contributed by atoms with van der Waals surface area (Å²) in [6, 6.07) is 0. The van der Waals surface area contributed by atoms with Gasteiger partial charge in [0.15, 0.2) is 0 Å². The lowest BCUT2D eigenvalue weighted by Crippen LogP contribution is -2.44. The average molecular weight is 172 g/mol. The lowest BCUT2D eigenvalue weighted by atomic mass is 9.70. The van der Waals surface area contributed by atoms with Crippen LogP contribution in [0.25, 0.3) is 0 Å². The Hall–Kier alpha value is -0.570. The van der Waals surface area contributed by atoms with E-state index in [0.717, 1.165) is 12.8 Å². The van der Waals surface area contributed by atoms with Crippen LogP contribution in [0.1, 0.15) is 33.1 Å². The van der Waals surface area contributed by atoms with Crippen molar-refractivity contribution in [1.82, 2.24) is 0 Å². The second kappa shape index (κ2) is 3.44. The predicted octanol–water partition coefficient (Wildman–Crippen LogP) is 1.10. The first-order valence-corrected chi connectivity index (χ1v) is 4.44. The van der Waals surface area contributed by atoms with Crippen molar-refractivity contribution < 1.29 is 14.6 Å². The molecule has 0 aromatic rings. The second-order valence-electron chi connectivity index (χ2n) is 3.72. The molecule has 0 bridgehead atoms. The summed E-state index contributed by atoms with van der Waals surface area (Å²) in [5.41, 5.74) is -0.758. The molecule has 12 heavy (non-hydrogen) atoms. The monoisotopic (exact) mass is 172 g/mol. The summed E-state index contributed by atoms with van der Waals surface area (Å²) < 4.78 is 4.75. The van der Waals surface area contributed by atoms with E-state index in [0.29, 0.717) is 12.5 Å². The molecule has 0 aromatic heterocycles. The molecular weight excluding hydrogens is 156 g/mol. The van der Waals surface area contributed by atoms with Crippen LogP contribution in [-0.2, 0) is 9.53 Å². The first kappa shape index (κ1) is 9.52. The van der Waals surface area contributed by atoms with Gasteiger partial charge in [0.25, 0.3) is 0 Å². The van der Waals surface area contributed by atoms with Gasteiger partial charge in [-0.1, -0.05) is 6.92 Å². The van der Waals surface area contributed by atoms with Crippen LogP contribution in [0.15, 0.2) is 0 Å². The van der Waals surface area contributed by atoms with E-state index >= 15 is 0 Å². The van der Waals surface area contributed by atoms with E-state index in [-0.39, 0.29) is 12.4 Å². The lowest BCUT2D eigenvalue weighted by Gasteiger charge is -2.41. The van der Waals surface area contributed by atoms with Crippen molar-refractivity contribution in [3.63, 3.8) is 0 Å². The molecule has 1 saturated carbocycles. The molecule has 1 N–H and O–H groups in total. The van der Waals surface area contributed by atoms with Gasteiger partial charge in [0.05, 0.1) is 18.6 Å². The number of hydrogen-bond acceptors (Lipinski definition) is 3. The average Bonchev–Trinajstić information content (AvgIpc) is 1.83. The van der Waals surface area contributed by atoms with Crippen LogP contribution < -0.4 is 0 Å². The Morgan fingerprint density at radius 2 is 2.25 bits per heavy atom. The highest BCUT2D eigenvalue weighted by Crippen LogP contribution is 2.39. The molecule has 0 heterocycles. The Labute approximate surface area is 72.7 Å². The number of hydrogen-bond donors (Lipinski definition) is 1. The summed E-state index contributed by atoms with van der Waals surface area (Å²) >= 11 is 0. The summed E-state index contributed by atoms with van der Waals surface area (Å²) in [5, 5.41) is 9.68. The van der Waals surface area contributed by atoms with Crippen molar-refractivity contribution >= 4 is 5.97 Å². The van der Waals surface area contributed by atoms with Crippen LogP contribution in [0.3, 0.4) is 0 Å². The maximum Gasteiger partial charge on any atom is 0.308 e. The van der Waals surface area contributed by atoms with Crippen LogP contribution >= 0.6 is 0 Å². The minimum Gasteiger partial charge on any atom is -0.466 e. The fourth-order valence-corrected chi connectivity index (χ4v) is 1.86. The number of carbonyl (C=O) groups is 1. The molecule has 1 rings (SSSR count). The number of aliphatic hydroxyl groups is 1. The van der Waals surface area contributed by atoms with Crippen LogP contribution in [0.4, 0.5) is 0 Å². The molecular formula is C9H16O3. The third-order valence-corrected chi connectivity index (χ3v) is 2.24.